The Morgan fingerprint density at radius 3 is 2.60 bits per heavy atom. The molecule has 2 rings (SSSR count). The van der Waals surface area contributed by atoms with Crippen molar-refractivity contribution in [2.75, 3.05) is 20.2 Å². The third-order valence-electron chi connectivity index (χ3n) is 4.39. The number of rotatable bonds is 7. The quantitative estimate of drug-likeness (QED) is 0.733. The second-order valence-electron chi connectivity index (χ2n) is 6.23. The normalized spacial score (nSPS) is 20.0. The summed E-state index contributed by atoms with van der Waals surface area (Å²) in [5.41, 5.74) is 5.56. The van der Waals surface area contributed by atoms with Gasteiger partial charge >= 0.3 is 5.97 Å². The molecule has 1 amide bonds. The van der Waals surface area contributed by atoms with Crippen molar-refractivity contribution in [1.82, 2.24) is 5.32 Å². The lowest BCUT2D eigenvalue weighted by molar-refractivity contribution is -0.142. The molecule has 0 heterocycles. The number of methoxy groups -OCH3 is 1. The van der Waals surface area contributed by atoms with Crippen LogP contribution in [0.3, 0.4) is 0 Å². The largest absolute Gasteiger partial charge is 0.487 e. The van der Waals surface area contributed by atoms with Crippen LogP contribution in [0.25, 0.3) is 0 Å². The number of esters is 1. The summed E-state index contributed by atoms with van der Waals surface area (Å²) in [5, 5.41) is 2.59. The Kier molecular flexibility index (Phi) is 7.18. The zero-order chi connectivity index (χ0) is 18.2. The molecule has 0 bridgehead atoms. The van der Waals surface area contributed by atoms with Gasteiger partial charge in [-0.1, -0.05) is 0 Å². The number of ether oxygens (including phenoxy) is 2. The summed E-state index contributed by atoms with van der Waals surface area (Å²) in [7, 11) is 1.39. The molecule has 1 fully saturated rings. The predicted octanol–water partition coefficient (Wildman–Crippen LogP) is 2.01. The van der Waals surface area contributed by atoms with E-state index in [-0.39, 0.29) is 29.3 Å². The number of halogens is 1. The molecule has 0 radical (unpaired) electrons. The molecule has 3 N–H and O–H groups in total. The Morgan fingerprint density at radius 1 is 1.28 bits per heavy atom. The fourth-order valence-corrected chi connectivity index (χ4v) is 2.98. The van der Waals surface area contributed by atoms with E-state index in [1.165, 1.54) is 25.3 Å². The highest BCUT2D eigenvalue weighted by molar-refractivity contribution is 5.94. The third kappa shape index (κ3) is 5.70. The van der Waals surface area contributed by atoms with Crippen molar-refractivity contribution in [3.63, 3.8) is 0 Å². The molecular weight excluding hydrogens is 327 g/mol. The molecule has 1 aliphatic carbocycles. The van der Waals surface area contributed by atoms with Crippen molar-refractivity contribution in [3.8, 4) is 5.75 Å². The van der Waals surface area contributed by atoms with Gasteiger partial charge in [0.15, 0.2) is 11.6 Å². The second kappa shape index (κ2) is 9.36. The molecule has 1 aliphatic rings. The maximum Gasteiger partial charge on any atom is 0.305 e. The first kappa shape index (κ1) is 19.2. The Bertz CT molecular complexity index is 601. The van der Waals surface area contributed by atoms with Crippen molar-refractivity contribution in [2.24, 2.45) is 11.7 Å². The van der Waals surface area contributed by atoms with Crippen LogP contribution in [-0.2, 0) is 9.53 Å². The highest BCUT2D eigenvalue weighted by Gasteiger charge is 2.25. The smallest absolute Gasteiger partial charge is 0.305 e. The van der Waals surface area contributed by atoms with Gasteiger partial charge in [-0.3, -0.25) is 9.59 Å². The first-order chi connectivity index (χ1) is 12.0. The first-order valence-electron chi connectivity index (χ1n) is 8.54. The fraction of sp³-hybridized carbons (Fsp3) is 0.556. The lowest BCUT2D eigenvalue weighted by Crippen LogP contribution is -2.29. The average molecular weight is 352 g/mol. The fourth-order valence-electron chi connectivity index (χ4n) is 2.98. The van der Waals surface area contributed by atoms with Crippen molar-refractivity contribution < 1.29 is 23.5 Å². The molecule has 25 heavy (non-hydrogen) atoms. The zero-order valence-electron chi connectivity index (χ0n) is 14.4. The molecule has 7 heteroatoms. The first-order valence-corrected chi connectivity index (χ1v) is 8.54. The van der Waals surface area contributed by atoms with Crippen LogP contribution in [-0.4, -0.2) is 38.2 Å². The topological polar surface area (TPSA) is 90.6 Å². The van der Waals surface area contributed by atoms with Gasteiger partial charge in [0.05, 0.1) is 13.2 Å². The van der Waals surface area contributed by atoms with Crippen LogP contribution < -0.4 is 15.8 Å². The van der Waals surface area contributed by atoms with Crippen LogP contribution in [0.2, 0.25) is 0 Å². The van der Waals surface area contributed by atoms with E-state index < -0.39 is 5.82 Å². The van der Waals surface area contributed by atoms with Crippen LogP contribution in [0, 0.1) is 11.7 Å². The predicted molar refractivity (Wildman–Crippen MR) is 90.8 cm³/mol. The third-order valence-corrected chi connectivity index (χ3v) is 4.39. The summed E-state index contributed by atoms with van der Waals surface area (Å²) in [6, 6.07) is 4.18. The highest BCUT2D eigenvalue weighted by atomic mass is 19.1. The summed E-state index contributed by atoms with van der Waals surface area (Å²) >= 11 is 0. The molecule has 6 nitrogen and oxygen atoms in total. The molecule has 1 aromatic rings. The van der Waals surface area contributed by atoms with Gasteiger partial charge < -0.3 is 20.5 Å². The Morgan fingerprint density at radius 2 is 2.00 bits per heavy atom. The van der Waals surface area contributed by atoms with Crippen molar-refractivity contribution in [1.29, 1.82) is 0 Å². The van der Waals surface area contributed by atoms with Gasteiger partial charge in [-0.05, 0) is 49.8 Å². The summed E-state index contributed by atoms with van der Waals surface area (Å²) in [4.78, 5) is 23.1. The molecule has 0 aromatic heterocycles. The molecule has 1 aromatic carbocycles. The maximum atomic E-state index is 14.2. The number of amides is 1. The van der Waals surface area contributed by atoms with E-state index in [0.717, 1.165) is 25.7 Å². The maximum absolute atomic E-state index is 14.2. The average Bonchev–Trinajstić information content (AvgIpc) is 2.62. The highest BCUT2D eigenvalue weighted by Crippen LogP contribution is 2.30. The van der Waals surface area contributed by atoms with Crippen LogP contribution >= 0.6 is 0 Å². The second-order valence-corrected chi connectivity index (χ2v) is 6.23. The number of hydrogen-bond acceptors (Lipinski definition) is 5. The number of nitrogens with one attached hydrogen (secondary N) is 1. The van der Waals surface area contributed by atoms with Crippen LogP contribution in [0.5, 0.6) is 5.75 Å². The van der Waals surface area contributed by atoms with E-state index in [1.807, 2.05) is 0 Å². The Hall–Kier alpha value is -2.15. The van der Waals surface area contributed by atoms with Gasteiger partial charge in [-0.25, -0.2) is 4.39 Å². The number of carbonyl (C=O) groups excluding carboxylic acids is 2. The lowest BCUT2D eigenvalue weighted by atomic mass is 9.85. The minimum Gasteiger partial charge on any atom is -0.487 e. The lowest BCUT2D eigenvalue weighted by Gasteiger charge is -2.28. The summed E-state index contributed by atoms with van der Waals surface area (Å²) in [6.07, 6.45) is 3.56. The molecular formula is C18H25FN2O4. The van der Waals surface area contributed by atoms with Gasteiger partial charge in [0, 0.05) is 25.1 Å². The van der Waals surface area contributed by atoms with Crippen molar-refractivity contribution in [2.45, 2.75) is 38.2 Å². The number of carbonyl (C=O) groups is 2. The van der Waals surface area contributed by atoms with Gasteiger partial charge in [0.25, 0.3) is 5.91 Å². The minimum atomic E-state index is -0.558. The van der Waals surface area contributed by atoms with Crippen molar-refractivity contribution >= 4 is 11.9 Å². The molecule has 0 unspecified atom stereocenters. The van der Waals surface area contributed by atoms with Crippen molar-refractivity contribution in [3.05, 3.63) is 29.6 Å². The van der Waals surface area contributed by atoms with E-state index in [1.54, 1.807) is 0 Å². The Labute approximate surface area is 146 Å². The number of nitrogens with two attached hydrogens (primary N) is 1. The van der Waals surface area contributed by atoms with Crippen LogP contribution in [0.1, 0.15) is 42.5 Å². The monoisotopic (exact) mass is 352 g/mol. The zero-order valence-corrected chi connectivity index (χ0v) is 14.4. The number of hydrogen-bond donors (Lipinski definition) is 2. The molecule has 1 saturated carbocycles. The van der Waals surface area contributed by atoms with Gasteiger partial charge in [0.1, 0.15) is 0 Å². The van der Waals surface area contributed by atoms with E-state index in [4.69, 9.17) is 10.5 Å². The van der Waals surface area contributed by atoms with E-state index >= 15 is 0 Å². The summed E-state index contributed by atoms with van der Waals surface area (Å²) in [5.74, 6) is -0.673. The van der Waals surface area contributed by atoms with Crippen LogP contribution in [0.15, 0.2) is 18.2 Å². The van der Waals surface area contributed by atoms with Crippen LogP contribution in [0.4, 0.5) is 4.39 Å². The van der Waals surface area contributed by atoms with Gasteiger partial charge in [-0.2, -0.15) is 0 Å². The molecule has 0 spiro atoms. The summed E-state index contributed by atoms with van der Waals surface area (Å²) < 4.78 is 24.6. The SMILES string of the molecule is COC(=O)C[C@H]1CC[C@@H](Oc2ccc(C(=O)NCCN)cc2F)CC1. The molecule has 0 saturated heterocycles. The molecule has 0 aliphatic heterocycles. The Balaban J connectivity index is 1.87. The van der Waals surface area contributed by atoms with E-state index in [2.05, 4.69) is 10.1 Å². The summed E-state index contributed by atoms with van der Waals surface area (Å²) in [6.45, 7) is 0.668. The minimum absolute atomic E-state index is 0.0830. The number of benzene rings is 1. The van der Waals surface area contributed by atoms with Gasteiger partial charge in [-0.15, -0.1) is 0 Å². The van der Waals surface area contributed by atoms with Gasteiger partial charge in [0.2, 0.25) is 0 Å². The molecule has 0 atom stereocenters. The molecule has 138 valence electrons. The van der Waals surface area contributed by atoms with E-state index in [0.29, 0.717) is 25.4 Å². The standard InChI is InChI=1S/C18H25FN2O4/c1-24-17(22)10-12-2-5-14(6-3-12)25-16-7-4-13(11-15(16)19)18(23)21-9-8-20/h4,7,11-12,14H,2-3,5-6,8-10,20H2,1H3,(H,21,23)/t12-,14+. The van der Waals surface area contributed by atoms with E-state index in [9.17, 15) is 14.0 Å².